The zero-order valence-corrected chi connectivity index (χ0v) is 16.3. The quantitative estimate of drug-likeness (QED) is 0.639. The minimum absolute atomic E-state index is 0.0835. The van der Waals surface area contributed by atoms with Crippen LogP contribution in [0.15, 0.2) is 71.2 Å². The van der Waals surface area contributed by atoms with Crippen LogP contribution < -0.4 is 10.2 Å². The summed E-state index contributed by atoms with van der Waals surface area (Å²) >= 11 is 0. The molecule has 0 fully saturated rings. The minimum atomic E-state index is -0.217. The molecule has 0 saturated heterocycles. The average molecular weight is 372 g/mol. The van der Waals surface area contributed by atoms with E-state index in [2.05, 4.69) is 66.8 Å². The second-order valence-corrected chi connectivity index (χ2v) is 7.78. The third kappa shape index (κ3) is 2.81. The monoisotopic (exact) mass is 372 g/mol. The molecule has 4 nitrogen and oxygen atoms in total. The van der Waals surface area contributed by atoms with Crippen LogP contribution in [0.2, 0.25) is 0 Å². The Labute approximate surface area is 165 Å². The highest BCUT2D eigenvalue weighted by molar-refractivity contribution is 5.64. The van der Waals surface area contributed by atoms with Gasteiger partial charge in [0.2, 0.25) is 0 Å². The Kier molecular flexibility index (Phi) is 4.02. The van der Waals surface area contributed by atoms with Gasteiger partial charge in [-0.05, 0) is 42.7 Å². The molecule has 0 unspecified atom stereocenters. The van der Waals surface area contributed by atoms with Gasteiger partial charge in [-0.15, -0.1) is 0 Å². The lowest BCUT2D eigenvalue weighted by molar-refractivity contribution is -0.0328. The molecule has 2 aliphatic rings. The van der Waals surface area contributed by atoms with Gasteiger partial charge in [-0.3, -0.25) is 0 Å². The van der Waals surface area contributed by atoms with Crippen molar-refractivity contribution in [3.63, 3.8) is 0 Å². The zero-order valence-electron chi connectivity index (χ0n) is 16.3. The molecule has 2 aliphatic heterocycles. The second-order valence-electron chi connectivity index (χ2n) is 7.78. The standard InChI is InChI=1S/C24H24N2O2/c1-15(2)17-9-11-18(12-10-17)24-26-21(19-6-4-5-7-22(19)28-24)14-20(25-26)23-13-8-16(3)27-23/h4-15,21,24-25H,1-3H3/t21-,24+/m1/s1. The van der Waals surface area contributed by atoms with E-state index < -0.39 is 0 Å². The first kappa shape index (κ1) is 17.1. The van der Waals surface area contributed by atoms with Crippen molar-refractivity contribution in [1.82, 2.24) is 10.4 Å². The molecule has 0 bridgehead atoms. The number of aryl methyl sites for hydroxylation is 1. The lowest BCUT2D eigenvalue weighted by atomic mass is 9.99. The molecule has 1 aromatic heterocycles. The summed E-state index contributed by atoms with van der Waals surface area (Å²) in [6.45, 7) is 6.38. The maximum absolute atomic E-state index is 6.42. The molecule has 3 heterocycles. The van der Waals surface area contributed by atoms with Gasteiger partial charge in [0.1, 0.15) is 11.5 Å². The van der Waals surface area contributed by atoms with Gasteiger partial charge in [0.05, 0.1) is 11.7 Å². The van der Waals surface area contributed by atoms with E-state index in [0.717, 1.165) is 34.1 Å². The van der Waals surface area contributed by atoms with Crippen molar-refractivity contribution in [3.8, 4) is 5.75 Å². The molecular weight excluding hydrogens is 348 g/mol. The summed E-state index contributed by atoms with van der Waals surface area (Å²) in [5.74, 6) is 3.19. The number of hydrogen-bond acceptors (Lipinski definition) is 4. The van der Waals surface area contributed by atoms with Gasteiger partial charge in [0.25, 0.3) is 0 Å². The smallest absolute Gasteiger partial charge is 0.195 e. The summed E-state index contributed by atoms with van der Waals surface area (Å²) in [6.07, 6.45) is 2.00. The topological polar surface area (TPSA) is 37.6 Å². The molecule has 2 atom stereocenters. The van der Waals surface area contributed by atoms with Gasteiger partial charge in [0, 0.05) is 11.1 Å². The zero-order chi connectivity index (χ0) is 19.3. The molecule has 3 aromatic rings. The molecular formula is C24H24N2O2. The van der Waals surface area contributed by atoms with Gasteiger partial charge in [-0.2, -0.15) is 5.01 Å². The first-order valence-electron chi connectivity index (χ1n) is 9.79. The van der Waals surface area contributed by atoms with E-state index in [1.807, 2.05) is 31.2 Å². The fraction of sp³-hybridized carbons (Fsp3) is 0.250. The van der Waals surface area contributed by atoms with Crippen LogP contribution in [0, 0.1) is 6.92 Å². The number of nitrogens with one attached hydrogen (secondary N) is 1. The Morgan fingerprint density at radius 3 is 2.46 bits per heavy atom. The number of benzene rings is 2. The van der Waals surface area contributed by atoms with Gasteiger partial charge in [-0.25, -0.2) is 0 Å². The van der Waals surface area contributed by atoms with Crippen molar-refractivity contribution in [2.24, 2.45) is 0 Å². The van der Waals surface area contributed by atoms with Gasteiger partial charge < -0.3 is 14.6 Å². The van der Waals surface area contributed by atoms with Crippen molar-refractivity contribution in [1.29, 1.82) is 0 Å². The molecule has 4 heteroatoms. The molecule has 2 aromatic carbocycles. The SMILES string of the molecule is Cc1ccc(C2=C[C@@H]3c4ccccc4O[C@@H](c4ccc(C(C)C)cc4)N3N2)o1. The van der Waals surface area contributed by atoms with Crippen LogP contribution in [-0.4, -0.2) is 5.01 Å². The van der Waals surface area contributed by atoms with E-state index in [1.54, 1.807) is 0 Å². The van der Waals surface area contributed by atoms with Crippen LogP contribution in [0.4, 0.5) is 0 Å². The van der Waals surface area contributed by atoms with Crippen LogP contribution in [0.1, 0.15) is 60.2 Å². The normalized spacial score (nSPS) is 20.9. The van der Waals surface area contributed by atoms with E-state index in [1.165, 1.54) is 5.56 Å². The molecule has 0 amide bonds. The largest absolute Gasteiger partial charge is 0.469 e. The molecule has 0 aliphatic carbocycles. The number of para-hydroxylation sites is 1. The van der Waals surface area contributed by atoms with E-state index in [9.17, 15) is 0 Å². The van der Waals surface area contributed by atoms with Crippen molar-refractivity contribution in [3.05, 3.63) is 95.0 Å². The first-order valence-corrected chi connectivity index (χ1v) is 9.79. The van der Waals surface area contributed by atoms with Crippen LogP contribution in [0.5, 0.6) is 5.75 Å². The highest BCUT2D eigenvalue weighted by Gasteiger charge is 2.40. The Bertz CT molecular complexity index is 1030. The molecule has 1 N–H and O–H groups in total. The Morgan fingerprint density at radius 2 is 1.75 bits per heavy atom. The Balaban J connectivity index is 1.54. The lowest BCUT2D eigenvalue weighted by Gasteiger charge is -2.38. The van der Waals surface area contributed by atoms with Crippen molar-refractivity contribution < 1.29 is 9.15 Å². The number of furan rings is 1. The highest BCUT2D eigenvalue weighted by atomic mass is 16.5. The number of nitrogens with zero attached hydrogens (tertiary/aromatic N) is 1. The molecule has 142 valence electrons. The summed E-state index contributed by atoms with van der Waals surface area (Å²) in [5.41, 5.74) is 8.11. The van der Waals surface area contributed by atoms with E-state index >= 15 is 0 Å². The number of ether oxygens (including phenoxy) is 1. The number of hydrazine groups is 1. The number of fused-ring (bicyclic) bond motifs is 3. The summed E-state index contributed by atoms with van der Waals surface area (Å²) in [5, 5.41) is 2.17. The highest BCUT2D eigenvalue weighted by Crippen LogP contribution is 2.45. The lowest BCUT2D eigenvalue weighted by Crippen LogP contribution is -2.43. The molecule has 0 radical (unpaired) electrons. The summed E-state index contributed by atoms with van der Waals surface area (Å²) < 4.78 is 12.3. The van der Waals surface area contributed by atoms with Gasteiger partial charge in [0.15, 0.2) is 12.0 Å². The Morgan fingerprint density at radius 1 is 0.964 bits per heavy atom. The molecule has 5 rings (SSSR count). The number of hydrogen-bond donors (Lipinski definition) is 1. The molecule has 0 spiro atoms. The summed E-state index contributed by atoms with van der Waals surface area (Å²) in [6, 6.07) is 21.1. The third-order valence-corrected chi connectivity index (χ3v) is 5.50. The maximum Gasteiger partial charge on any atom is 0.195 e. The van der Waals surface area contributed by atoms with Crippen LogP contribution in [0.25, 0.3) is 5.70 Å². The molecule has 0 saturated carbocycles. The van der Waals surface area contributed by atoms with Crippen LogP contribution in [0.3, 0.4) is 0 Å². The van der Waals surface area contributed by atoms with E-state index in [0.29, 0.717) is 5.92 Å². The minimum Gasteiger partial charge on any atom is -0.469 e. The van der Waals surface area contributed by atoms with Crippen molar-refractivity contribution in [2.45, 2.75) is 39.0 Å². The average Bonchev–Trinajstić information content (AvgIpc) is 3.34. The number of rotatable bonds is 3. The third-order valence-electron chi connectivity index (χ3n) is 5.50. The fourth-order valence-corrected chi connectivity index (χ4v) is 3.93. The van der Waals surface area contributed by atoms with E-state index in [4.69, 9.17) is 9.15 Å². The first-order chi connectivity index (χ1) is 13.6. The fourth-order valence-electron chi connectivity index (χ4n) is 3.93. The van der Waals surface area contributed by atoms with Crippen molar-refractivity contribution >= 4 is 5.70 Å². The van der Waals surface area contributed by atoms with Crippen LogP contribution >= 0.6 is 0 Å². The molecule has 28 heavy (non-hydrogen) atoms. The second kappa shape index (κ2) is 6.57. The van der Waals surface area contributed by atoms with Gasteiger partial charge in [-0.1, -0.05) is 56.3 Å². The van der Waals surface area contributed by atoms with Crippen molar-refractivity contribution in [2.75, 3.05) is 0 Å². The summed E-state index contributed by atoms with van der Waals surface area (Å²) in [7, 11) is 0. The predicted octanol–water partition coefficient (Wildman–Crippen LogP) is 5.71. The van der Waals surface area contributed by atoms with Crippen LogP contribution in [-0.2, 0) is 0 Å². The Hall–Kier alpha value is -2.98. The predicted molar refractivity (Wildman–Crippen MR) is 109 cm³/mol. The maximum atomic E-state index is 6.42. The van der Waals surface area contributed by atoms with E-state index in [-0.39, 0.29) is 12.3 Å². The van der Waals surface area contributed by atoms with Gasteiger partial charge >= 0.3 is 0 Å². The summed E-state index contributed by atoms with van der Waals surface area (Å²) in [4.78, 5) is 0.